The third-order valence-electron chi connectivity index (χ3n) is 2.88. The fourth-order valence-corrected chi connectivity index (χ4v) is 2.17. The van der Waals surface area contributed by atoms with Crippen molar-refractivity contribution in [2.24, 2.45) is 0 Å². The lowest BCUT2D eigenvalue weighted by atomic mass is 10.1. The average Bonchev–Trinajstić information content (AvgIpc) is 2.26. The fourth-order valence-electron chi connectivity index (χ4n) is 1.70. The van der Waals surface area contributed by atoms with Crippen LogP contribution in [0, 0.1) is 13.8 Å². The molecule has 0 atom stereocenters. The summed E-state index contributed by atoms with van der Waals surface area (Å²) in [5, 5.41) is 0. The van der Waals surface area contributed by atoms with E-state index >= 15 is 0 Å². The number of hydrogen-bond acceptors (Lipinski definition) is 3. The van der Waals surface area contributed by atoms with E-state index in [4.69, 9.17) is 0 Å². The van der Waals surface area contributed by atoms with Crippen LogP contribution in [0.15, 0.2) is 18.2 Å². The van der Waals surface area contributed by atoms with E-state index in [2.05, 4.69) is 4.72 Å². The zero-order chi connectivity index (χ0) is 14.6. The number of anilines is 1. The lowest BCUT2D eigenvalue weighted by Gasteiger charge is -2.22. The van der Waals surface area contributed by atoms with Crippen LogP contribution in [-0.2, 0) is 14.8 Å². The molecule has 1 aromatic rings. The van der Waals surface area contributed by atoms with Crippen LogP contribution in [0.3, 0.4) is 0 Å². The number of benzene rings is 1. The van der Waals surface area contributed by atoms with Crippen LogP contribution < -0.4 is 9.62 Å². The molecule has 1 amide bonds. The Kier molecular flexibility index (Phi) is 5.08. The topological polar surface area (TPSA) is 66.5 Å². The van der Waals surface area contributed by atoms with E-state index in [1.807, 2.05) is 32.0 Å². The first-order chi connectivity index (χ1) is 8.70. The van der Waals surface area contributed by atoms with E-state index in [-0.39, 0.29) is 12.5 Å². The summed E-state index contributed by atoms with van der Waals surface area (Å²) in [7, 11) is -3.23. The van der Waals surface area contributed by atoms with E-state index < -0.39 is 10.0 Å². The van der Waals surface area contributed by atoms with Gasteiger partial charge in [-0.1, -0.05) is 6.07 Å². The monoisotopic (exact) mass is 284 g/mol. The Labute approximate surface area is 114 Å². The number of nitrogens with one attached hydrogen (secondary N) is 1. The molecule has 19 heavy (non-hydrogen) atoms. The number of sulfonamides is 1. The normalized spacial score (nSPS) is 11.4. The van der Waals surface area contributed by atoms with Crippen molar-refractivity contribution in [3.63, 3.8) is 0 Å². The first kappa shape index (κ1) is 15.7. The van der Waals surface area contributed by atoms with Gasteiger partial charge in [-0.15, -0.1) is 0 Å². The molecule has 5 nitrogen and oxygen atoms in total. The lowest BCUT2D eigenvalue weighted by Crippen LogP contribution is -2.37. The Morgan fingerprint density at radius 2 is 1.89 bits per heavy atom. The Balaban J connectivity index is 2.83. The maximum atomic E-state index is 11.6. The van der Waals surface area contributed by atoms with Crippen molar-refractivity contribution in [2.45, 2.75) is 20.8 Å². The fraction of sp³-hybridized carbons (Fsp3) is 0.462. The molecular formula is C13H20N2O3S. The van der Waals surface area contributed by atoms with Crippen molar-refractivity contribution in [3.8, 4) is 0 Å². The second kappa shape index (κ2) is 6.16. The summed E-state index contributed by atoms with van der Waals surface area (Å²) >= 11 is 0. The van der Waals surface area contributed by atoms with Crippen LogP contribution in [0.1, 0.15) is 18.1 Å². The van der Waals surface area contributed by atoms with E-state index in [0.29, 0.717) is 6.54 Å². The maximum absolute atomic E-state index is 11.6. The third-order valence-corrected chi connectivity index (χ3v) is 3.61. The standard InChI is InChI=1S/C13H20N2O3S/c1-10-5-6-13(9-11(10)2)15(12(3)16)8-7-14-19(4,17)18/h5-6,9,14H,7-8H2,1-4H3. The molecule has 0 bridgehead atoms. The summed E-state index contributed by atoms with van der Waals surface area (Å²) in [6, 6.07) is 5.74. The van der Waals surface area contributed by atoms with Crippen LogP contribution in [0.2, 0.25) is 0 Å². The van der Waals surface area contributed by atoms with Gasteiger partial charge >= 0.3 is 0 Å². The first-order valence-electron chi connectivity index (χ1n) is 6.00. The average molecular weight is 284 g/mol. The summed E-state index contributed by atoms with van der Waals surface area (Å²) in [5.41, 5.74) is 3.03. The molecule has 1 N–H and O–H groups in total. The highest BCUT2D eigenvalue weighted by Crippen LogP contribution is 2.18. The molecule has 0 heterocycles. The highest BCUT2D eigenvalue weighted by atomic mass is 32.2. The highest BCUT2D eigenvalue weighted by Gasteiger charge is 2.12. The van der Waals surface area contributed by atoms with Gasteiger partial charge in [-0.25, -0.2) is 13.1 Å². The quantitative estimate of drug-likeness (QED) is 0.883. The van der Waals surface area contributed by atoms with Gasteiger partial charge in [-0.2, -0.15) is 0 Å². The summed E-state index contributed by atoms with van der Waals surface area (Å²) in [5.74, 6) is -0.112. The highest BCUT2D eigenvalue weighted by molar-refractivity contribution is 7.88. The minimum absolute atomic E-state index is 0.112. The van der Waals surface area contributed by atoms with Gasteiger partial charge in [-0.05, 0) is 37.1 Å². The number of nitrogens with zero attached hydrogens (tertiary/aromatic N) is 1. The minimum atomic E-state index is -3.23. The third kappa shape index (κ3) is 5.00. The number of carbonyl (C=O) groups excluding carboxylic acids is 1. The molecule has 1 rings (SSSR count). The zero-order valence-electron chi connectivity index (χ0n) is 11.7. The predicted octanol–water partition coefficient (Wildman–Crippen LogP) is 1.21. The molecule has 0 aliphatic carbocycles. The first-order valence-corrected chi connectivity index (χ1v) is 7.90. The van der Waals surface area contributed by atoms with Gasteiger partial charge in [0, 0.05) is 25.7 Å². The summed E-state index contributed by atoms with van der Waals surface area (Å²) < 4.78 is 24.4. The van der Waals surface area contributed by atoms with E-state index in [0.717, 1.165) is 23.1 Å². The molecule has 6 heteroatoms. The molecule has 0 unspecified atom stereocenters. The van der Waals surface area contributed by atoms with Crippen molar-refractivity contribution >= 4 is 21.6 Å². The van der Waals surface area contributed by atoms with Gasteiger partial charge in [-0.3, -0.25) is 4.79 Å². The Morgan fingerprint density at radius 1 is 1.26 bits per heavy atom. The van der Waals surface area contributed by atoms with Gasteiger partial charge in [0.25, 0.3) is 0 Å². The molecule has 0 aromatic heterocycles. The molecule has 0 aliphatic rings. The van der Waals surface area contributed by atoms with Gasteiger partial charge in [0.2, 0.25) is 15.9 Å². The molecular weight excluding hydrogens is 264 g/mol. The van der Waals surface area contributed by atoms with Crippen LogP contribution in [-0.4, -0.2) is 33.7 Å². The van der Waals surface area contributed by atoms with Crippen molar-refractivity contribution in [3.05, 3.63) is 29.3 Å². The van der Waals surface area contributed by atoms with E-state index in [9.17, 15) is 13.2 Å². The smallest absolute Gasteiger partial charge is 0.223 e. The molecule has 0 saturated carbocycles. The molecule has 0 aliphatic heterocycles. The summed E-state index contributed by atoms with van der Waals surface area (Å²) in [6.45, 7) is 5.96. The SMILES string of the molecule is CC(=O)N(CCNS(C)(=O)=O)c1ccc(C)c(C)c1. The zero-order valence-corrected chi connectivity index (χ0v) is 12.5. The second-order valence-electron chi connectivity index (χ2n) is 4.61. The Hall–Kier alpha value is -1.40. The maximum Gasteiger partial charge on any atom is 0.223 e. The Morgan fingerprint density at radius 3 is 2.37 bits per heavy atom. The van der Waals surface area contributed by atoms with Crippen LogP contribution in [0.25, 0.3) is 0 Å². The number of carbonyl (C=O) groups is 1. The van der Waals surface area contributed by atoms with Crippen molar-refractivity contribution in [2.75, 3.05) is 24.2 Å². The van der Waals surface area contributed by atoms with Gasteiger partial charge in [0.05, 0.1) is 6.26 Å². The molecule has 0 spiro atoms. The number of aryl methyl sites for hydroxylation is 2. The van der Waals surface area contributed by atoms with Crippen molar-refractivity contribution in [1.29, 1.82) is 0 Å². The second-order valence-corrected chi connectivity index (χ2v) is 6.44. The molecule has 1 aromatic carbocycles. The van der Waals surface area contributed by atoms with E-state index in [1.165, 1.54) is 6.92 Å². The van der Waals surface area contributed by atoms with Crippen LogP contribution >= 0.6 is 0 Å². The minimum Gasteiger partial charge on any atom is -0.311 e. The molecule has 0 radical (unpaired) electrons. The van der Waals surface area contributed by atoms with Crippen LogP contribution in [0.5, 0.6) is 0 Å². The van der Waals surface area contributed by atoms with Crippen molar-refractivity contribution < 1.29 is 13.2 Å². The predicted molar refractivity (Wildman–Crippen MR) is 76.8 cm³/mol. The largest absolute Gasteiger partial charge is 0.311 e. The number of hydrogen-bond donors (Lipinski definition) is 1. The molecule has 0 fully saturated rings. The van der Waals surface area contributed by atoms with Gasteiger partial charge < -0.3 is 4.90 Å². The lowest BCUT2D eigenvalue weighted by molar-refractivity contribution is -0.116. The molecule has 0 saturated heterocycles. The summed E-state index contributed by atoms with van der Waals surface area (Å²) in [6.07, 6.45) is 1.10. The van der Waals surface area contributed by atoms with Gasteiger partial charge in [0.1, 0.15) is 0 Å². The van der Waals surface area contributed by atoms with Crippen LogP contribution in [0.4, 0.5) is 5.69 Å². The molecule has 106 valence electrons. The summed E-state index contributed by atoms with van der Waals surface area (Å²) in [4.78, 5) is 13.2. The number of amides is 1. The Bertz CT molecular complexity index is 567. The van der Waals surface area contributed by atoms with E-state index in [1.54, 1.807) is 4.90 Å². The van der Waals surface area contributed by atoms with Crippen molar-refractivity contribution in [1.82, 2.24) is 4.72 Å². The van der Waals surface area contributed by atoms with Gasteiger partial charge in [0.15, 0.2) is 0 Å². The number of rotatable bonds is 5.